The Kier molecular flexibility index (Phi) is 6.12. The van der Waals surface area contributed by atoms with Gasteiger partial charge in [-0.3, -0.25) is 14.2 Å². The van der Waals surface area contributed by atoms with Gasteiger partial charge in [0.25, 0.3) is 5.56 Å². The molecule has 1 amide bonds. The molecule has 3 rings (SSSR count). The highest BCUT2D eigenvalue weighted by Gasteiger charge is 2.44. The number of benzene rings is 1. The van der Waals surface area contributed by atoms with Crippen LogP contribution in [0.3, 0.4) is 0 Å². The Morgan fingerprint density at radius 3 is 2.71 bits per heavy atom. The number of methoxy groups -OCH3 is 1. The molecule has 0 saturated heterocycles. The summed E-state index contributed by atoms with van der Waals surface area (Å²) in [4.78, 5) is 29.7. The number of rotatable bonds is 8. The lowest BCUT2D eigenvalue weighted by atomic mass is 10.1. The summed E-state index contributed by atoms with van der Waals surface area (Å²) < 4.78 is 6.45. The molecule has 2 aromatic rings. The molecule has 1 heterocycles. The van der Waals surface area contributed by atoms with E-state index in [4.69, 9.17) is 21.6 Å². The number of nitrogens with one attached hydrogen (secondary N) is 1. The lowest BCUT2D eigenvalue weighted by Gasteiger charge is -2.15. The van der Waals surface area contributed by atoms with Crippen molar-refractivity contribution in [2.45, 2.75) is 37.8 Å². The van der Waals surface area contributed by atoms with E-state index in [-0.39, 0.29) is 18.0 Å². The van der Waals surface area contributed by atoms with E-state index in [0.717, 1.165) is 5.56 Å². The molecule has 7 nitrogen and oxygen atoms in total. The summed E-state index contributed by atoms with van der Waals surface area (Å²) in [7, 11) is 1.61. The van der Waals surface area contributed by atoms with Crippen molar-refractivity contribution in [2.24, 2.45) is 0 Å². The molecule has 0 unspecified atom stereocenters. The number of aryl methyl sites for hydroxylation is 1. The Labute approximate surface area is 167 Å². The monoisotopic (exact) mass is 400 g/mol. The fourth-order valence-corrected chi connectivity index (χ4v) is 3.02. The number of ether oxygens (including phenoxy) is 1. The van der Waals surface area contributed by atoms with Crippen LogP contribution in [0.15, 0.2) is 35.1 Å². The quantitative estimate of drug-likeness (QED) is 0.686. The number of nitriles is 1. The fraction of sp³-hybridized carbons (Fsp3) is 0.400. The van der Waals surface area contributed by atoms with Crippen molar-refractivity contribution < 1.29 is 9.53 Å². The maximum atomic E-state index is 12.7. The molecule has 0 radical (unpaired) electrons. The summed E-state index contributed by atoms with van der Waals surface area (Å²) in [6, 6.07) is 10.6. The van der Waals surface area contributed by atoms with Crippen LogP contribution >= 0.6 is 11.6 Å². The Bertz CT molecular complexity index is 959. The minimum atomic E-state index is -0.770. The lowest BCUT2D eigenvalue weighted by Crippen LogP contribution is -2.40. The topological polar surface area (TPSA) is 97.0 Å². The average Bonchev–Trinajstić information content (AvgIpc) is 3.44. The lowest BCUT2D eigenvalue weighted by molar-refractivity contribution is -0.122. The van der Waals surface area contributed by atoms with Gasteiger partial charge in [0, 0.05) is 36.8 Å². The van der Waals surface area contributed by atoms with Gasteiger partial charge < -0.3 is 10.1 Å². The Balaban J connectivity index is 1.89. The number of hydrogen-bond donors (Lipinski definition) is 1. The van der Waals surface area contributed by atoms with Gasteiger partial charge in [-0.2, -0.15) is 5.26 Å². The first kappa shape index (κ1) is 20.1. The average molecular weight is 401 g/mol. The van der Waals surface area contributed by atoms with Gasteiger partial charge in [-0.1, -0.05) is 23.7 Å². The van der Waals surface area contributed by atoms with Crippen LogP contribution < -0.4 is 10.9 Å². The molecule has 1 aromatic heterocycles. The van der Waals surface area contributed by atoms with Crippen molar-refractivity contribution in [1.82, 2.24) is 14.9 Å². The minimum Gasteiger partial charge on any atom is -0.385 e. The molecule has 8 heteroatoms. The molecule has 146 valence electrons. The van der Waals surface area contributed by atoms with Gasteiger partial charge >= 0.3 is 0 Å². The molecule has 1 aromatic carbocycles. The molecule has 1 aliphatic rings. The van der Waals surface area contributed by atoms with E-state index in [1.807, 2.05) is 0 Å². The largest absolute Gasteiger partial charge is 0.385 e. The van der Waals surface area contributed by atoms with Crippen LogP contribution in [-0.2, 0) is 22.5 Å². The van der Waals surface area contributed by atoms with E-state index in [1.54, 1.807) is 31.4 Å². The highest BCUT2D eigenvalue weighted by atomic mass is 35.5. The number of amides is 1. The second-order valence-electron chi connectivity index (χ2n) is 6.83. The van der Waals surface area contributed by atoms with Gasteiger partial charge in [0.15, 0.2) is 0 Å². The van der Waals surface area contributed by atoms with Crippen molar-refractivity contribution in [3.63, 3.8) is 0 Å². The van der Waals surface area contributed by atoms with Crippen LogP contribution in [0.4, 0.5) is 0 Å². The summed E-state index contributed by atoms with van der Waals surface area (Å²) in [5.74, 6) is 0.140. The van der Waals surface area contributed by atoms with E-state index >= 15 is 0 Å². The van der Waals surface area contributed by atoms with Gasteiger partial charge in [0.05, 0.1) is 11.8 Å². The summed E-state index contributed by atoms with van der Waals surface area (Å²) >= 11 is 5.93. The van der Waals surface area contributed by atoms with Crippen LogP contribution in [0.5, 0.6) is 0 Å². The van der Waals surface area contributed by atoms with Crippen LogP contribution in [0.25, 0.3) is 11.3 Å². The number of carbonyl (C=O) groups excluding carboxylic acids is 1. The Hall–Kier alpha value is -2.69. The van der Waals surface area contributed by atoms with Crippen LogP contribution in [0.2, 0.25) is 5.02 Å². The molecule has 1 saturated carbocycles. The van der Waals surface area contributed by atoms with Crippen LogP contribution in [0.1, 0.15) is 25.1 Å². The number of hydrogen-bond acceptors (Lipinski definition) is 5. The first-order chi connectivity index (χ1) is 13.5. The Morgan fingerprint density at radius 2 is 2.11 bits per heavy atom. The predicted octanol–water partition coefficient (Wildman–Crippen LogP) is 2.32. The smallest absolute Gasteiger partial charge is 0.254 e. The molecular weight excluding hydrogens is 380 g/mol. The first-order valence-electron chi connectivity index (χ1n) is 9.04. The Morgan fingerprint density at radius 1 is 1.39 bits per heavy atom. The van der Waals surface area contributed by atoms with Crippen molar-refractivity contribution >= 4 is 17.5 Å². The van der Waals surface area contributed by atoms with E-state index in [1.165, 1.54) is 10.6 Å². The molecule has 0 bridgehead atoms. The van der Waals surface area contributed by atoms with Crippen LogP contribution in [-0.4, -0.2) is 34.7 Å². The molecule has 1 N–H and O–H groups in total. The number of nitrogens with zero attached hydrogens (tertiary/aromatic N) is 3. The van der Waals surface area contributed by atoms with E-state index < -0.39 is 5.54 Å². The maximum absolute atomic E-state index is 12.7. The molecule has 0 atom stereocenters. The zero-order chi connectivity index (χ0) is 20.1. The third kappa shape index (κ3) is 4.77. The van der Waals surface area contributed by atoms with E-state index in [9.17, 15) is 9.59 Å². The van der Waals surface area contributed by atoms with Gasteiger partial charge in [0.1, 0.15) is 17.9 Å². The van der Waals surface area contributed by atoms with E-state index in [0.29, 0.717) is 48.8 Å². The number of carbonyl (C=O) groups is 1. The first-order valence-corrected chi connectivity index (χ1v) is 9.42. The van der Waals surface area contributed by atoms with Gasteiger partial charge in [-0.25, -0.2) is 4.98 Å². The molecule has 0 aliphatic heterocycles. The second kappa shape index (κ2) is 8.55. The van der Waals surface area contributed by atoms with E-state index in [2.05, 4.69) is 16.4 Å². The van der Waals surface area contributed by atoms with Gasteiger partial charge in [-0.05, 0) is 31.4 Å². The summed E-state index contributed by atoms with van der Waals surface area (Å²) in [5.41, 5.74) is 0.214. The summed E-state index contributed by atoms with van der Waals surface area (Å²) in [6.45, 7) is 0.350. The predicted molar refractivity (Wildman–Crippen MR) is 105 cm³/mol. The molecule has 1 fully saturated rings. The van der Waals surface area contributed by atoms with Gasteiger partial charge in [0.2, 0.25) is 5.91 Å². The van der Waals surface area contributed by atoms with Crippen LogP contribution in [0, 0.1) is 11.3 Å². The fourth-order valence-electron chi connectivity index (χ4n) is 2.90. The normalized spacial score (nSPS) is 14.3. The molecule has 28 heavy (non-hydrogen) atoms. The zero-order valence-electron chi connectivity index (χ0n) is 15.6. The molecular formula is C20H21ClN4O3. The highest BCUT2D eigenvalue weighted by molar-refractivity contribution is 6.30. The zero-order valence-corrected chi connectivity index (χ0v) is 16.3. The highest BCUT2D eigenvalue weighted by Crippen LogP contribution is 2.34. The molecule has 0 spiro atoms. The van der Waals surface area contributed by atoms with Crippen molar-refractivity contribution in [3.05, 3.63) is 51.5 Å². The number of halogens is 1. The standard InChI is InChI=1S/C20H21ClN4O3/c1-28-10-2-3-17-23-16(14-4-6-15(21)7-5-14)11-19(27)25(17)12-18(26)24-20(13-22)8-9-20/h4-7,11H,2-3,8-10,12H2,1H3,(H,24,26). The third-order valence-corrected chi connectivity index (χ3v) is 4.87. The third-order valence-electron chi connectivity index (χ3n) is 4.62. The van der Waals surface area contributed by atoms with Crippen molar-refractivity contribution in [1.29, 1.82) is 5.26 Å². The summed E-state index contributed by atoms with van der Waals surface area (Å²) in [5, 5.41) is 12.4. The van der Waals surface area contributed by atoms with Gasteiger partial charge in [-0.15, -0.1) is 0 Å². The minimum absolute atomic E-state index is 0.168. The molecule has 1 aliphatic carbocycles. The van der Waals surface area contributed by atoms with Crippen molar-refractivity contribution in [2.75, 3.05) is 13.7 Å². The van der Waals surface area contributed by atoms with Crippen molar-refractivity contribution in [3.8, 4) is 17.3 Å². The summed E-state index contributed by atoms with van der Waals surface area (Å²) in [6.07, 6.45) is 2.43. The number of aromatic nitrogens is 2. The second-order valence-corrected chi connectivity index (χ2v) is 7.26. The SMILES string of the molecule is COCCCc1nc(-c2ccc(Cl)cc2)cc(=O)n1CC(=O)NC1(C#N)CC1. The maximum Gasteiger partial charge on any atom is 0.254 e.